The van der Waals surface area contributed by atoms with Gasteiger partial charge in [0.1, 0.15) is 18.3 Å². The lowest BCUT2D eigenvalue weighted by atomic mass is 10.1. The van der Waals surface area contributed by atoms with Crippen LogP contribution in [0.3, 0.4) is 0 Å². The maximum atomic E-state index is 14.1. The number of sulfonamides is 1. The molecular weight excluding hydrogens is 573 g/mol. The van der Waals surface area contributed by atoms with Gasteiger partial charge in [0, 0.05) is 28.7 Å². The number of methoxy groups -OCH3 is 1. The minimum absolute atomic E-state index is 0.00766. The molecule has 0 heterocycles. The van der Waals surface area contributed by atoms with Gasteiger partial charge in [-0.15, -0.1) is 0 Å². The second-order valence-corrected chi connectivity index (χ2v) is 11.7. The molecule has 0 radical (unpaired) electrons. The SMILES string of the molecule is CCNC(=O)[C@H](CC)N(Cc1c(Cl)cccc1Cl)C(=O)CN(c1ccccc1OC)S(=O)(=O)c1ccc(C)cc1. The van der Waals surface area contributed by atoms with E-state index < -0.39 is 28.5 Å². The van der Waals surface area contributed by atoms with Crippen molar-refractivity contribution < 1.29 is 22.7 Å². The van der Waals surface area contributed by atoms with E-state index in [1.165, 1.54) is 24.1 Å². The zero-order valence-corrected chi connectivity index (χ0v) is 25.2. The average Bonchev–Trinajstić information content (AvgIpc) is 2.93. The Labute approximate surface area is 245 Å². The van der Waals surface area contributed by atoms with Gasteiger partial charge in [-0.2, -0.15) is 0 Å². The molecule has 2 amide bonds. The van der Waals surface area contributed by atoms with Crippen molar-refractivity contribution in [3.63, 3.8) is 0 Å². The third-order valence-electron chi connectivity index (χ3n) is 6.37. The molecule has 0 spiro atoms. The number of carbonyl (C=O) groups is 2. The van der Waals surface area contributed by atoms with Crippen LogP contribution in [-0.2, 0) is 26.2 Å². The van der Waals surface area contributed by atoms with E-state index in [-0.39, 0.29) is 35.2 Å². The van der Waals surface area contributed by atoms with Gasteiger partial charge < -0.3 is 15.0 Å². The predicted octanol–water partition coefficient (Wildman–Crippen LogP) is 5.45. The van der Waals surface area contributed by atoms with Gasteiger partial charge in [0.05, 0.1) is 17.7 Å². The lowest BCUT2D eigenvalue weighted by Crippen LogP contribution is -2.52. The number of hydrogen-bond donors (Lipinski definition) is 1. The van der Waals surface area contributed by atoms with Gasteiger partial charge in [0.25, 0.3) is 10.0 Å². The molecular formula is C29H33Cl2N3O5S. The first-order valence-corrected chi connectivity index (χ1v) is 15.0. The summed E-state index contributed by atoms with van der Waals surface area (Å²) in [5, 5.41) is 3.41. The lowest BCUT2D eigenvalue weighted by molar-refractivity contribution is -0.140. The molecule has 3 aromatic carbocycles. The normalized spacial score (nSPS) is 11.9. The molecule has 40 heavy (non-hydrogen) atoms. The molecule has 214 valence electrons. The Morgan fingerprint density at radius 3 is 2.15 bits per heavy atom. The van der Waals surface area contributed by atoms with E-state index in [2.05, 4.69) is 5.32 Å². The van der Waals surface area contributed by atoms with Crippen molar-refractivity contribution in [1.82, 2.24) is 10.2 Å². The van der Waals surface area contributed by atoms with Gasteiger partial charge >= 0.3 is 0 Å². The van der Waals surface area contributed by atoms with Crippen LogP contribution in [0.15, 0.2) is 71.6 Å². The number of carbonyl (C=O) groups excluding carboxylic acids is 2. The van der Waals surface area contributed by atoms with E-state index in [0.717, 1.165) is 9.87 Å². The topological polar surface area (TPSA) is 96.0 Å². The number of likely N-dealkylation sites (N-methyl/N-ethyl adjacent to an activating group) is 1. The molecule has 0 aliphatic carbocycles. The monoisotopic (exact) mass is 605 g/mol. The number of ether oxygens (including phenoxy) is 1. The van der Waals surface area contributed by atoms with Gasteiger partial charge in [0.2, 0.25) is 11.8 Å². The summed E-state index contributed by atoms with van der Waals surface area (Å²) in [6.07, 6.45) is 0.277. The van der Waals surface area contributed by atoms with E-state index in [1.807, 2.05) is 6.92 Å². The van der Waals surface area contributed by atoms with Crippen molar-refractivity contribution in [2.75, 3.05) is 24.5 Å². The number of halogens is 2. The highest BCUT2D eigenvalue weighted by molar-refractivity contribution is 7.92. The molecule has 0 aliphatic heterocycles. The van der Waals surface area contributed by atoms with E-state index >= 15 is 0 Å². The molecule has 8 nitrogen and oxygen atoms in total. The van der Waals surface area contributed by atoms with E-state index in [9.17, 15) is 18.0 Å². The van der Waals surface area contributed by atoms with E-state index in [4.69, 9.17) is 27.9 Å². The molecule has 11 heteroatoms. The van der Waals surface area contributed by atoms with Gasteiger partial charge in [-0.1, -0.05) is 66.0 Å². The van der Waals surface area contributed by atoms with Crippen molar-refractivity contribution in [1.29, 1.82) is 0 Å². The van der Waals surface area contributed by atoms with Crippen molar-refractivity contribution in [2.24, 2.45) is 0 Å². The maximum absolute atomic E-state index is 14.1. The first kappa shape index (κ1) is 31.3. The number of anilines is 1. The summed E-state index contributed by atoms with van der Waals surface area (Å²) in [6.45, 7) is 5.06. The fourth-order valence-corrected chi connectivity index (χ4v) is 6.19. The van der Waals surface area contributed by atoms with Crippen LogP contribution in [0.4, 0.5) is 5.69 Å². The summed E-state index contributed by atoms with van der Waals surface area (Å²) in [6, 6.07) is 16.9. The average molecular weight is 607 g/mol. The van der Waals surface area contributed by atoms with Gasteiger partial charge in [-0.3, -0.25) is 13.9 Å². The number of nitrogens with zero attached hydrogens (tertiary/aromatic N) is 2. The minimum Gasteiger partial charge on any atom is -0.495 e. The third-order valence-corrected chi connectivity index (χ3v) is 8.85. The number of benzene rings is 3. The predicted molar refractivity (Wildman–Crippen MR) is 158 cm³/mol. The Balaban J connectivity index is 2.14. The fourth-order valence-electron chi connectivity index (χ4n) is 4.25. The summed E-state index contributed by atoms with van der Waals surface area (Å²) in [5.41, 5.74) is 1.52. The first-order chi connectivity index (χ1) is 19.0. The molecule has 0 unspecified atom stereocenters. The lowest BCUT2D eigenvalue weighted by Gasteiger charge is -2.33. The second-order valence-electron chi connectivity index (χ2n) is 9.04. The van der Waals surface area contributed by atoms with Crippen LogP contribution in [0, 0.1) is 6.92 Å². The summed E-state index contributed by atoms with van der Waals surface area (Å²) >= 11 is 12.9. The van der Waals surface area contributed by atoms with E-state index in [0.29, 0.717) is 22.2 Å². The summed E-state index contributed by atoms with van der Waals surface area (Å²) < 4.78 is 34.4. The Kier molecular flexibility index (Phi) is 10.8. The molecule has 3 rings (SSSR count). The zero-order valence-electron chi connectivity index (χ0n) is 22.9. The van der Waals surface area contributed by atoms with Gasteiger partial charge in [-0.25, -0.2) is 8.42 Å². The molecule has 0 saturated heterocycles. The molecule has 0 aromatic heterocycles. The maximum Gasteiger partial charge on any atom is 0.264 e. The standard InChI is InChI=1S/C29H33Cl2N3O5S/c1-5-25(29(36)32-6-2)33(18-22-23(30)10-9-11-24(22)31)28(35)19-34(26-12-7-8-13-27(26)39-4)40(37,38)21-16-14-20(3)15-17-21/h7-17,25H,5-6,18-19H2,1-4H3,(H,32,36)/t25-/m0/s1. The van der Waals surface area contributed by atoms with Crippen LogP contribution in [0.2, 0.25) is 10.0 Å². The molecule has 1 N–H and O–H groups in total. The van der Waals surface area contributed by atoms with Crippen LogP contribution in [-0.4, -0.2) is 51.4 Å². The summed E-state index contributed by atoms with van der Waals surface area (Å²) in [4.78, 5) is 28.5. The summed E-state index contributed by atoms with van der Waals surface area (Å²) in [7, 11) is -2.81. The Morgan fingerprint density at radius 2 is 1.57 bits per heavy atom. The fraction of sp³-hybridized carbons (Fsp3) is 0.310. The Hall–Kier alpha value is -3.27. The Bertz CT molecular complexity index is 1430. The van der Waals surface area contributed by atoms with Crippen LogP contribution >= 0.6 is 23.2 Å². The quantitative estimate of drug-likeness (QED) is 0.296. The molecule has 0 fully saturated rings. The van der Waals surface area contributed by atoms with Gasteiger partial charge in [0.15, 0.2) is 0 Å². The largest absolute Gasteiger partial charge is 0.495 e. The van der Waals surface area contributed by atoms with E-state index in [1.54, 1.807) is 68.4 Å². The van der Waals surface area contributed by atoms with Crippen molar-refractivity contribution in [3.05, 3.63) is 87.9 Å². The number of amides is 2. The van der Waals surface area contributed by atoms with Crippen LogP contribution in [0.5, 0.6) is 5.75 Å². The highest BCUT2D eigenvalue weighted by atomic mass is 35.5. The Morgan fingerprint density at radius 1 is 0.950 bits per heavy atom. The highest BCUT2D eigenvalue weighted by Crippen LogP contribution is 2.33. The first-order valence-electron chi connectivity index (χ1n) is 12.8. The van der Waals surface area contributed by atoms with Crippen molar-refractivity contribution >= 4 is 50.7 Å². The zero-order chi connectivity index (χ0) is 29.4. The van der Waals surface area contributed by atoms with Crippen LogP contribution in [0.25, 0.3) is 0 Å². The number of aryl methyl sites for hydroxylation is 1. The minimum atomic E-state index is -4.23. The second kappa shape index (κ2) is 13.9. The molecule has 0 saturated carbocycles. The molecule has 3 aromatic rings. The molecule has 0 bridgehead atoms. The molecule has 1 atom stereocenters. The summed E-state index contributed by atoms with van der Waals surface area (Å²) in [5.74, 6) is -0.718. The third kappa shape index (κ3) is 7.08. The van der Waals surface area contributed by atoms with Crippen LogP contribution in [0.1, 0.15) is 31.4 Å². The smallest absolute Gasteiger partial charge is 0.264 e. The highest BCUT2D eigenvalue weighted by Gasteiger charge is 2.35. The number of rotatable bonds is 12. The number of nitrogens with one attached hydrogen (secondary N) is 1. The van der Waals surface area contributed by atoms with Gasteiger partial charge in [-0.05, 0) is 56.7 Å². The van der Waals surface area contributed by atoms with Crippen molar-refractivity contribution in [3.8, 4) is 5.75 Å². The number of para-hydroxylation sites is 2. The van der Waals surface area contributed by atoms with Crippen LogP contribution < -0.4 is 14.4 Å². The molecule has 0 aliphatic rings. The van der Waals surface area contributed by atoms with Crippen molar-refractivity contribution in [2.45, 2.75) is 44.7 Å². The number of hydrogen-bond acceptors (Lipinski definition) is 5.